The Morgan fingerprint density at radius 2 is 2.30 bits per heavy atom. The SMILES string of the molecule is CC(C)C1NC(O)CC1=O. The fraction of sp³-hybridized carbons (Fsp3) is 0.857. The highest BCUT2D eigenvalue weighted by Gasteiger charge is 2.31. The Hall–Kier alpha value is -0.410. The van der Waals surface area contributed by atoms with E-state index in [1.807, 2.05) is 13.8 Å². The summed E-state index contributed by atoms with van der Waals surface area (Å²) in [6, 6.07) is -0.130. The van der Waals surface area contributed by atoms with Crippen LogP contribution in [0.2, 0.25) is 0 Å². The molecule has 1 aliphatic rings. The molecule has 10 heavy (non-hydrogen) atoms. The number of rotatable bonds is 1. The zero-order chi connectivity index (χ0) is 7.72. The molecule has 1 fully saturated rings. The molecule has 2 atom stereocenters. The van der Waals surface area contributed by atoms with Gasteiger partial charge in [0.05, 0.1) is 6.04 Å². The Labute approximate surface area is 60.4 Å². The smallest absolute Gasteiger partial charge is 0.154 e. The third kappa shape index (κ3) is 1.36. The van der Waals surface area contributed by atoms with Crippen molar-refractivity contribution in [2.75, 3.05) is 0 Å². The first-order valence-corrected chi connectivity index (χ1v) is 3.58. The van der Waals surface area contributed by atoms with E-state index in [1.54, 1.807) is 0 Å². The number of hydrogen-bond acceptors (Lipinski definition) is 3. The van der Waals surface area contributed by atoms with Gasteiger partial charge in [0.25, 0.3) is 0 Å². The molecule has 0 aromatic heterocycles. The minimum absolute atomic E-state index is 0.127. The fourth-order valence-corrected chi connectivity index (χ4v) is 1.24. The predicted octanol–water partition coefficient (Wildman–Crippen LogP) is -0.108. The normalized spacial score (nSPS) is 33.8. The highest BCUT2D eigenvalue weighted by molar-refractivity contribution is 5.86. The van der Waals surface area contributed by atoms with E-state index in [0.717, 1.165) is 0 Å². The number of carbonyl (C=O) groups excluding carboxylic acids is 1. The van der Waals surface area contributed by atoms with E-state index in [4.69, 9.17) is 5.11 Å². The summed E-state index contributed by atoms with van der Waals surface area (Å²) >= 11 is 0. The Morgan fingerprint density at radius 1 is 1.70 bits per heavy atom. The van der Waals surface area contributed by atoms with E-state index in [-0.39, 0.29) is 24.2 Å². The topological polar surface area (TPSA) is 49.3 Å². The highest BCUT2D eigenvalue weighted by atomic mass is 16.3. The van der Waals surface area contributed by atoms with Gasteiger partial charge >= 0.3 is 0 Å². The van der Waals surface area contributed by atoms with Crippen molar-refractivity contribution < 1.29 is 9.90 Å². The van der Waals surface area contributed by atoms with Crippen LogP contribution in [0.1, 0.15) is 20.3 Å². The first-order valence-electron chi connectivity index (χ1n) is 3.58. The fourth-order valence-electron chi connectivity index (χ4n) is 1.24. The van der Waals surface area contributed by atoms with Gasteiger partial charge < -0.3 is 5.11 Å². The molecule has 0 aliphatic carbocycles. The van der Waals surface area contributed by atoms with Crippen LogP contribution in [0, 0.1) is 5.92 Å². The lowest BCUT2D eigenvalue weighted by Gasteiger charge is -2.12. The summed E-state index contributed by atoms with van der Waals surface area (Å²) in [5.74, 6) is 0.409. The monoisotopic (exact) mass is 143 g/mol. The Kier molecular flexibility index (Phi) is 2.06. The molecule has 0 radical (unpaired) electrons. The Bertz CT molecular complexity index is 145. The van der Waals surface area contributed by atoms with Crippen LogP contribution in [-0.4, -0.2) is 23.2 Å². The molecule has 2 unspecified atom stereocenters. The van der Waals surface area contributed by atoms with E-state index in [1.165, 1.54) is 0 Å². The summed E-state index contributed by atoms with van der Waals surface area (Å²) in [6.45, 7) is 3.93. The van der Waals surface area contributed by atoms with Gasteiger partial charge in [0.1, 0.15) is 6.23 Å². The molecule has 3 heteroatoms. The van der Waals surface area contributed by atoms with E-state index in [2.05, 4.69) is 5.32 Å². The third-order valence-corrected chi connectivity index (χ3v) is 1.78. The number of aliphatic hydroxyl groups is 1. The van der Waals surface area contributed by atoms with Crippen molar-refractivity contribution in [3.63, 3.8) is 0 Å². The maximum Gasteiger partial charge on any atom is 0.154 e. The number of ketones is 1. The van der Waals surface area contributed by atoms with E-state index in [0.29, 0.717) is 0 Å². The molecule has 2 N–H and O–H groups in total. The third-order valence-electron chi connectivity index (χ3n) is 1.78. The van der Waals surface area contributed by atoms with Gasteiger partial charge in [-0.25, -0.2) is 0 Å². The van der Waals surface area contributed by atoms with Crippen molar-refractivity contribution >= 4 is 5.78 Å². The first-order chi connectivity index (χ1) is 4.61. The van der Waals surface area contributed by atoms with Crippen LogP contribution in [0.4, 0.5) is 0 Å². The number of hydrogen-bond donors (Lipinski definition) is 2. The Morgan fingerprint density at radius 3 is 2.50 bits per heavy atom. The molecule has 0 spiro atoms. The molecule has 0 aromatic carbocycles. The van der Waals surface area contributed by atoms with Gasteiger partial charge in [-0.05, 0) is 5.92 Å². The lowest BCUT2D eigenvalue weighted by atomic mass is 10.0. The summed E-state index contributed by atoms with van der Waals surface area (Å²) < 4.78 is 0. The average molecular weight is 143 g/mol. The van der Waals surface area contributed by atoms with Crippen molar-refractivity contribution in [1.29, 1.82) is 0 Å². The minimum Gasteiger partial charge on any atom is -0.378 e. The predicted molar refractivity (Wildman–Crippen MR) is 37.4 cm³/mol. The van der Waals surface area contributed by atoms with Crippen molar-refractivity contribution in [3.8, 4) is 0 Å². The van der Waals surface area contributed by atoms with Crippen molar-refractivity contribution in [1.82, 2.24) is 5.32 Å². The summed E-state index contributed by atoms with van der Waals surface area (Å²) in [6.07, 6.45) is -0.344. The summed E-state index contributed by atoms with van der Waals surface area (Å²) in [7, 11) is 0. The van der Waals surface area contributed by atoms with E-state index in [9.17, 15) is 4.79 Å². The lowest BCUT2D eigenvalue weighted by Crippen LogP contribution is -2.35. The van der Waals surface area contributed by atoms with Crippen LogP contribution < -0.4 is 5.32 Å². The van der Waals surface area contributed by atoms with Crippen LogP contribution in [0.25, 0.3) is 0 Å². The number of carbonyl (C=O) groups is 1. The van der Waals surface area contributed by atoms with Gasteiger partial charge in [-0.2, -0.15) is 0 Å². The average Bonchev–Trinajstić information content (AvgIpc) is 2.10. The van der Waals surface area contributed by atoms with Gasteiger partial charge in [0, 0.05) is 6.42 Å². The lowest BCUT2D eigenvalue weighted by molar-refractivity contribution is -0.119. The second kappa shape index (κ2) is 2.68. The maximum atomic E-state index is 11.0. The van der Waals surface area contributed by atoms with Crippen molar-refractivity contribution in [2.24, 2.45) is 5.92 Å². The molecule has 58 valence electrons. The van der Waals surface area contributed by atoms with E-state index < -0.39 is 6.23 Å². The molecule has 1 saturated heterocycles. The second-order valence-corrected chi connectivity index (χ2v) is 3.07. The minimum atomic E-state index is -0.611. The summed E-state index contributed by atoms with van der Waals surface area (Å²) in [5.41, 5.74) is 0. The zero-order valence-electron chi connectivity index (χ0n) is 6.29. The molecule has 1 aliphatic heterocycles. The van der Waals surface area contributed by atoms with Gasteiger partial charge in [-0.15, -0.1) is 0 Å². The van der Waals surface area contributed by atoms with Gasteiger partial charge in [0.2, 0.25) is 0 Å². The van der Waals surface area contributed by atoms with E-state index >= 15 is 0 Å². The number of aliphatic hydroxyl groups excluding tert-OH is 1. The van der Waals surface area contributed by atoms with Crippen LogP contribution in [-0.2, 0) is 4.79 Å². The number of nitrogens with one attached hydrogen (secondary N) is 1. The molecule has 0 bridgehead atoms. The quantitative estimate of drug-likeness (QED) is 0.538. The molecule has 0 aromatic rings. The van der Waals surface area contributed by atoms with Crippen molar-refractivity contribution in [3.05, 3.63) is 0 Å². The maximum absolute atomic E-state index is 11.0. The van der Waals surface area contributed by atoms with Crippen molar-refractivity contribution in [2.45, 2.75) is 32.5 Å². The van der Waals surface area contributed by atoms with Gasteiger partial charge in [0.15, 0.2) is 5.78 Å². The molecule has 1 heterocycles. The van der Waals surface area contributed by atoms with Crippen LogP contribution in [0.3, 0.4) is 0 Å². The largest absolute Gasteiger partial charge is 0.378 e. The molecule has 1 rings (SSSR count). The second-order valence-electron chi connectivity index (χ2n) is 3.07. The van der Waals surface area contributed by atoms with Crippen LogP contribution in [0.5, 0.6) is 0 Å². The number of Topliss-reactive ketones (excluding diaryl/α,β-unsaturated/α-hetero) is 1. The van der Waals surface area contributed by atoms with Gasteiger partial charge in [-0.1, -0.05) is 13.8 Å². The van der Waals surface area contributed by atoms with Gasteiger partial charge in [-0.3, -0.25) is 10.1 Å². The molecule has 0 amide bonds. The molecule has 3 nitrogen and oxygen atoms in total. The molecular formula is C7H13NO2. The highest BCUT2D eigenvalue weighted by Crippen LogP contribution is 2.13. The Balaban J connectivity index is 2.55. The molecule has 0 saturated carbocycles. The summed E-state index contributed by atoms with van der Waals surface area (Å²) in [4.78, 5) is 11.0. The first kappa shape index (κ1) is 7.69. The summed E-state index contributed by atoms with van der Waals surface area (Å²) in [5, 5.41) is 11.8. The zero-order valence-corrected chi connectivity index (χ0v) is 6.29. The van der Waals surface area contributed by atoms with Crippen LogP contribution >= 0.6 is 0 Å². The standard InChI is InChI=1S/C7H13NO2/c1-4(2)7-5(9)3-6(10)8-7/h4,6-8,10H,3H2,1-2H3. The molecular weight excluding hydrogens is 130 g/mol. The van der Waals surface area contributed by atoms with Crippen LogP contribution in [0.15, 0.2) is 0 Å².